The van der Waals surface area contributed by atoms with E-state index in [1.54, 1.807) is 0 Å². The molecule has 0 spiro atoms. The average Bonchev–Trinajstić information content (AvgIpc) is 2.82. The van der Waals surface area contributed by atoms with Gasteiger partial charge < -0.3 is 9.80 Å². The Morgan fingerprint density at radius 2 is 2.19 bits per heavy atom. The van der Waals surface area contributed by atoms with Crippen LogP contribution in [0, 0.1) is 5.92 Å². The van der Waals surface area contributed by atoms with Crippen LogP contribution in [-0.4, -0.2) is 24.1 Å². The highest BCUT2D eigenvalue weighted by atomic mass is 35.5. The predicted molar refractivity (Wildman–Crippen MR) is 91.1 cm³/mol. The van der Waals surface area contributed by atoms with Gasteiger partial charge in [0, 0.05) is 29.7 Å². The largest absolute Gasteiger partial charge is 0.351 e. The molecule has 0 fully saturated rings. The number of nitrogens with zero attached hydrogens (tertiary/aromatic N) is 3. The number of rotatable bonds is 4. The summed E-state index contributed by atoms with van der Waals surface area (Å²) >= 11 is 5.96. The number of pyridine rings is 1. The Labute approximate surface area is 130 Å². The van der Waals surface area contributed by atoms with Crippen molar-refractivity contribution in [2.24, 2.45) is 5.92 Å². The molecule has 21 heavy (non-hydrogen) atoms. The number of halogens is 1. The first kappa shape index (κ1) is 14.2. The molecule has 2 aromatic rings. The number of alkyl halides is 1. The second-order valence-corrected chi connectivity index (χ2v) is 6.08. The molecule has 1 aromatic heterocycles. The van der Waals surface area contributed by atoms with Crippen LogP contribution in [0.3, 0.4) is 0 Å². The van der Waals surface area contributed by atoms with Crippen molar-refractivity contribution in [1.82, 2.24) is 4.98 Å². The van der Waals surface area contributed by atoms with Crippen LogP contribution in [0.1, 0.15) is 13.8 Å². The van der Waals surface area contributed by atoms with Crippen LogP contribution in [0.2, 0.25) is 0 Å². The summed E-state index contributed by atoms with van der Waals surface area (Å²) in [5.74, 6) is 1.03. The minimum absolute atomic E-state index is 0.415. The van der Waals surface area contributed by atoms with Gasteiger partial charge >= 0.3 is 0 Å². The monoisotopic (exact) mass is 301 g/mol. The van der Waals surface area contributed by atoms with E-state index in [1.807, 2.05) is 12.3 Å². The highest BCUT2D eigenvalue weighted by Crippen LogP contribution is 2.41. The number of fused-ring (bicyclic) bond motifs is 2. The number of anilines is 2. The minimum atomic E-state index is 0.415. The van der Waals surface area contributed by atoms with E-state index >= 15 is 0 Å². The van der Waals surface area contributed by atoms with Gasteiger partial charge in [0.05, 0.1) is 23.6 Å². The molecule has 1 aliphatic heterocycles. The summed E-state index contributed by atoms with van der Waals surface area (Å²) < 4.78 is 0. The molecule has 0 bridgehead atoms. The number of hydrogen-bond donors (Lipinski definition) is 0. The topological polar surface area (TPSA) is 19.4 Å². The lowest BCUT2D eigenvalue weighted by Gasteiger charge is -2.25. The SMILES string of the molecule is C=C(C(C)C)N1CN(CCCl)c2cc3ncccc3cc21. The molecule has 0 atom stereocenters. The Bertz CT molecular complexity index is 681. The van der Waals surface area contributed by atoms with Crippen LogP contribution >= 0.6 is 11.6 Å². The first-order chi connectivity index (χ1) is 10.1. The zero-order valence-electron chi connectivity index (χ0n) is 12.5. The van der Waals surface area contributed by atoms with Crippen molar-refractivity contribution in [2.45, 2.75) is 13.8 Å². The van der Waals surface area contributed by atoms with E-state index in [2.05, 4.69) is 53.4 Å². The number of aromatic nitrogens is 1. The first-order valence-electron chi connectivity index (χ1n) is 7.28. The van der Waals surface area contributed by atoms with Crippen LogP contribution in [0.4, 0.5) is 11.4 Å². The molecule has 0 saturated carbocycles. The van der Waals surface area contributed by atoms with Crippen molar-refractivity contribution in [3.05, 3.63) is 42.7 Å². The Morgan fingerprint density at radius 3 is 2.90 bits per heavy atom. The third-order valence-electron chi connectivity index (χ3n) is 4.01. The van der Waals surface area contributed by atoms with Gasteiger partial charge in [0.2, 0.25) is 0 Å². The van der Waals surface area contributed by atoms with E-state index in [1.165, 1.54) is 11.4 Å². The molecular weight excluding hydrogens is 282 g/mol. The highest BCUT2D eigenvalue weighted by molar-refractivity contribution is 6.18. The molecule has 0 unspecified atom stereocenters. The van der Waals surface area contributed by atoms with Gasteiger partial charge in [-0.1, -0.05) is 26.5 Å². The van der Waals surface area contributed by atoms with Gasteiger partial charge in [-0.05, 0) is 24.1 Å². The van der Waals surface area contributed by atoms with Gasteiger partial charge in [0.15, 0.2) is 0 Å². The van der Waals surface area contributed by atoms with Crippen molar-refractivity contribution in [3.8, 4) is 0 Å². The maximum absolute atomic E-state index is 5.96. The minimum Gasteiger partial charge on any atom is -0.351 e. The molecule has 110 valence electrons. The average molecular weight is 302 g/mol. The molecular formula is C17H20ClN3. The Morgan fingerprint density at radius 1 is 1.38 bits per heavy atom. The number of benzene rings is 1. The summed E-state index contributed by atoms with van der Waals surface area (Å²) in [6.07, 6.45) is 1.83. The molecule has 0 radical (unpaired) electrons. The molecule has 3 nitrogen and oxygen atoms in total. The third kappa shape index (κ3) is 2.46. The van der Waals surface area contributed by atoms with E-state index in [4.69, 9.17) is 11.6 Å². The van der Waals surface area contributed by atoms with Crippen LogP contribution < -0.4 is 9.80 Å². The zero-order chi connectivity index (χ0) is 15.0. The van der Waals surface area contributed by atoms with Crippen molar-refractivity contribution < 1.29 is 0 Å². The Hall–Kier alpha value is -1.74. The zero-order valence-corrected chi connectivity index (χ0v) is 13.3. The first-order valence-corrected chi connectivity index (χ1v) is 7.81. The van der Waals surface area contributed by atoms with Gasteiger partial charge in [0.25, 0.3) is 0 Å². The second-order valence-electron chi connectivity index (χ2n) is 5.70. The Balaban J connectivity index is 2.12. The normalized spacial score (nSPS) is 14.1. The van der Waals surface area contributed by atoms with E-state index in [0.717, 1.165) is 29.8 Å². The number of hydrogen-bond acceptors (Lipinski definition) is 3. The molecule has 4 heteroatoms. The van der Waals surface area contributed by atoms with Crippen molar-refractivity contribution in [1.29, 1.82) is 0 Å². The van der Waals surface area contributed by atoms with Gasteiger partial charge in [-0.25, -0.2) is 0 Å². The fourth-order valence-electron chi connectivity index (χ4n) is 2.74. The van der Waals surface area contributed by atoms with Crippen LogP contribution in [0.15, 0.2) is 42.7 Å². The maximum Gasteiger partial charge on any atom is 0.0950 e. The van der Waals surface area contributed by atoms with E-state index in [0.29, 0.717) is 11.8 Å². The van der Waals surface area contributed by atoms with Gasteiger partial charge in [0.1, 0.15) is 0 Å². The molecule has 0 N–H and O–H groups in total. The van der Waals surface area contributed by atoms with Crippen LogP contribution in [-0.2, 0) is 0 Å². The van der Waals surface area contributed by atoms with Crippen LogP contribution in [0.25, 0.3) is 10.9 Å². The fraction of sp³-hybridized carbons (Fsp3) is 0.353. The molecule has 1 aromatic carbocycles. The quantitative estimate of drug-likeness (QED) is 0.788. The van der Waals surface area contributed by atoms with Gasteiger partial charge in [-0.15, -0.1) is 11.6 Å². The maximum atomic E-state index is 5.96. The van der Waals surface area contributed by atoms with Crippen LogP contribution in [0.5, 0.6) is 0 Å². The highest BCUT2D eigenvalue weighted by Gasteiger charge is 2.28. The lowest BCUT2D eigenvalue weighted by Crippen LogP contribution is -2.32. The molecule has 0 amide bonds. The fourth-order valence-corrected chi connectivity index (χ4v) is 2.94. The second kappa shape index (κ2) is 5.57. The number of allylic oxidation sites excluding steroid dienone is 1. The molecule has 1 aliphatic rings. The summed E-state index contributed by atoms with van der Waals surface area (Å²) in [6, 6.07) is 8.44. The smallest absolute Gasteiger partial charge is 0.0950 e. The molecule has 2 heterocycles. The lowest BCUT2D eigenvalue weighted by molar-refractivity contribution is 0.710. The summed E-state index contributed by atoms with van der Waals surface area (Å²) in [6.45, 7) is 10.3. The van der Waals surface area contributed by atoms with E-state index in [9.17, 15) is 0 Å². The standard InChI is InChI=1S/C17H20ClN3/c1-12(2)13(3)21-11-20(8-6-18)16-10-15-14(9-17(16)21)5-4-7-19-15/h4-5,7,9-10,12H,3,6,8,11H2,1-2H3. The van der Waals surface area contributed by atoms with Gasteiger partial charge in [-0.3, -0.25) is 4.98 Å². The molecule has 0 aliphatic carbocycles. The summed E-state index contributed by atoms with van der Waals surface area (Å²) in [5.41, 5.74) is 4.56. The summed E-state index contributed by atoms with van der Waals surface area (Å²) in [4.78, 5) is 9.04. The lowest BCUT2D eigenvalue weighted by atomic mass is 10.1. The van der Waals surface area contributed by atoms with E-state index in [-0.39, 0.29) is 0 Å². The molecule has 0 saturated heterocycles. The van der Waals surface area contributed by atoms with Crippen molar-refractivity contribution >= 4 is 33.9 Å². The molecule has 3 rings (SSSR count). The van der Waals surface area contributed by atoms with Gasteiger partial charge in [-0.2, -0.15) is 0 Å². The van der Waals surface area contributed by atoms with E-state index < -0.39 is 0 Å². The van der Waals surface area contributed by atoms with Crippen molar-refractivity contribution in [2.75, 3.05) is 28.9 Å². The summed E-state index contributed by atoms with van der Waals surface area (Å²) in [7, 11) is 0. The third-order valence-corrected chi connectivity index (χ3v) is 4.18. The predicted octanol–water partition coefficient (Wildman–Crippen LogP) is 4.23. The summed E-state index contributed by atoms with van der Waals surface area (Å²) in [5, 5.41) is 1.16. The Kier molecular flexibility index (Phi) is 3.77. The van der Waals surface area contributed by atoms with Crippen molar-refractivity contribution in [3.63, 3.8) is 0 Å².